The van der Waals surface area contributed by atoms with Crippen LogP contribution in [-0.2, 0) is 4.74 Å². The highest BCUT2D eigenvalue weighted by Crippen LogP contribution is 2.26. The molecule has 4 heteroatoms. The Bertz CT molecular complexity index is 333. The molecule has 0 heterocycles. The lowest BCUT2D eigenvalue weighted by Crippen LogP contribution is -2.26. The second-order valence-corrected chi connectivity index (χ2v) is 4.40. The number of halogens is 2. The molecule has 2 nitrogen and oxygen atoms in total. The van der Waals surface area contributed by atoms with E-state index in [0.717, 1.165) is 18.5 Å². The molecule has 0 aliphatic rings. The molecule has 0 aliphatic carbocycles. The Labute approximate surface area is 104 Å². The normalized spacial score (nSPS) is 12.8. The summed E-state index contributed by atoms with van der Waals surface area (Å²) in [5, 5.41) is 3.33. The van der Waals surface area contributed by atoms with Crippen LogP contribution in [0.5, 0.6) is 0 Å². The molecule has 0 aliphatic heterocycles. The van der Waals surface area contributed by atoms with Gasteiger partial charge in [-0.1, -0.05) is 19.1 Å². The van der Waals surface area contributed by atoms with E-state index in [1.165, 1.54) is 6.07 Å². The van der Waals surface area contributed by atoms with Crippen LogP contribution in [0.25, 0.3) is 0 Å². The lowest BCUT2D eigenvalue weighted by Gasteiger charge is -2.19. The van der Waals surface area contributed by atoms with Crippen molar-refractivity contribution in [3.8, 4) is 0 Å². The van der Waals surface area contributed by atoms with Crippen molar-refractivity contribution in [1.82, 2.24) is 5.32 Å². The zero-order chi connectivity index (χ0) is 12.0. The lowest BCUT2D eigenvalue weighted by molar-refractivity contribution is 0.166. The Morgan fingerprint density at radius 3 is 2.88 bits per heavy atom. The van der Waals surface area contributed by atoms with Gasteiger partial charge in [-0.2, -0.15) is 0 Å². The summed E-state index contributed by atoms with van der Waals surface area (Å²) in [5.41, 5.74) is 0.898. The number of hydrogen-bond donors (Lipinski definition) is 1. The molecule has 0 spiro atoms. The minimum atomic E-state index is -0.239. The fourth-order valence-electron chi connectivity index (χ4n) is 1.53. The van der Waals surface area contributed by atoms with Crippen LogP contribution in [-0.4, -0.2) is 20.3 Å². The van der Waals surface area contributed by atoms with Gasteiger partial charge in [0, 0.05) is 7.11 Å². The van der Waals surface area contributed by atoms with Gasteiger partial charge < -0.3 is 10.1 Å². The van der Waals surface area contributed by atoms with Crippen LogP contribution < -0.4 is 5.32 Å². The van der Waals surface area contributed by atoms with E-state index in [9.17, 15) is 4.39 Å². The Morgan fingerprint density at radius 1 is 1.50 bits per heavy atom. The van der Waals surface area contributed by atoms with Crippen molar-refractivity contribution in [2.75, 3.05) is 20.3 Å². The first-order chi connectivity index (χ1) is 7.70. The molecule has 0 bridgehead atoms. The van der Waals surface area contributed by atoms with E-state index in [1.54, 1.807) is 13.2 Å². The molecule has 0 radical (unpaired) electrons. The quantitative estimate of drug-likeness (QED) is 0.868. The fraction of sp³-hybridized carbons (Fsp3) is 0.500. The summed E-state index contributed by atoms with van der Waals surface area (Å²) >= 11 is 3.27. The van der Waals surface area contributed by atoms with Gasteiger partial charge in [0.05, 0.1) is 17.1 Å². The fourth-order valence-corrected chi connectivity index (χ4v) is 2.07. The first kappa shape index (κ1) is 13.6. The van der Waals surface area contributed by atoms with E-state index in [2.05, 4.69) is 28.2 Å². The summed E-state index contributed by atoms with van der Waals surface area (Å²) in [5.74, 6) is -0.239. The van der Waals surface area contributed by atoms with E-state index in [4.69, 9.17) is 4.74 Å². The molecule has 90 valence electrons. The average molecular weight is 290 g/mol. The Morgan fingerprint density at radius 2 is 2.25 bits per heavy atom. The smallest absolute Gasteiger partial charge is 0.137 e. The SMILES string of the molecule is CCCNC(COC)c1cccc(F)c1Br. The van der Waals surface area contributed by atoms with Gasteiger partial charge in [-0.05, 0) is 40.5 Å². The van der Waals surface area contributed by atoms with E-state index >= 15 is 0 Å². The molecular weight excluding hydrogens is 273 g/mol. The first-order valence-electron chi connectivity index (χ1n) is 5.37. The maximum absolute atomic E-state index is 13.4. The van der Waals surface area contributed by atoms with Gasteiger partial charge in [0.15, 0.2) is 0 Å². The maximum atomic E-state index is 13.4. The Kier molecular flexibility index (Phi) is 5.95. The minimum Gasteiger partial charge on any atom is -0.383 e. The van der Waals surface area contributed by atoms with Crippen molar-refractivity contribution in [2.45, 2.75) is 19.4 Å². The predicted molar refractivity (Wildman–Crippen MR) is 67.0 cm³/mol. The van der Waals surface area contributed by atoms with Crippen molar-refractivity contribution in [2.24, 2.45) is 0 Å². The third kappa shape index (κ3) is 3.54. The van der Waals surface area contributed by atoms with Crippen molar-refractivity contribution < 1.29 is 9.13 Å². The van der Waals surface area contributed by atoms with Gasteiger partial charge in [-0.3, -0.25) is 0 Å². The highest BCUT2D eigenvalue weighted by atomic mass is 79.9. The molecule has 0 amide bonds. The topological polar surface area (TPSA) is 21.3 Å². The highest BCUT2D eigenvalue weighted by molar-refractivity contribution is 9.10. The monoisotopic (exact) mass is 289 g/mol. The standard InChI is InChI=1S/C12H17BrFNO/c1-3-7-15-11(8-16-2)9-5-4-6-10(14)12(9)13/h4-6,11,15H,3,7-8H2,1-2H3. The number of ether oxygens (including phenoxy) is 1. The predicted octanol–water partition coefficient (Wildman–Crippen LogP) is 3.28. The summed E-state index contributed by atoms with van der Waals surface area (Å²) in [6, 6.07) is 5.08. The molecule has 1 aromatic carbocycles. The molecule has 1 aromatic rings. The molecule has 0 fully saturated rings. The Hall–Kier alpha value is -0.450. The maximum Gasteiger partial charge on any atom is 0.137 e. The van der Waals surface area contributed by atoms with E-state index < -0.39 is 0 Å². The minimum absolute atomic E-state index is 0.0232. The molecule has 0 saturated carbocycles. The zero-order valence-corrected chi connectivity index (χ0v) is 11.2. The van der Waals surface area contributed by atoms with Crippen LogP contribution in [0.4, 0.5) is 4.39 Å². The van der Waals surface area contributed by atoms with Crippen molar-refractivity contribution in [1.29, 1.82) is 0 Å². The van der Waals surface area contributed by atoms with Crippen molar-refractivity contribution in [3.05, 3.63) is 34.1 Å². The number of rotatable bonds is 6. The zero-order valence-electron chi connectivity index (χ0n) is 9.59. The molecular formula is C12H17BrFNO. The number of methoxy groups -OCH3 is 1. The van der Waals surface area contributed by atoms with Crippen LogP contribution >= 0.6 is 15.9 Å². The van der Waals surface area contributed by atoms with Gasteiger partial charge in [0.25, 0.3) is 0 Å². The number of hydrogen-bond acceptors (Lipinski definition) is 2. The number of nitrogens with one attached hydrogen (secondary N) is 1. The van der Waals surface area contributed by atoms with Crippen LogP contribution in [0.15, 0.2) is 22.7 Å². The van der Waals surface area contributed by atoms with Gasteiger partial charge >= 0.3 is 0 Å². The molecule has 0 saturated heterocycles. The van der Waals surface area contributed by atoms with Crippen molar-refractivity contribution in [3.63, 3.8) is 0 Å². The first-order valence-corrected chi connectivity index (χ1v) is 6.16. The third-order valence-corrected chi connectivity index (χ3v) is 3.17. The molecule has 1 N–H and O–H groups in total. The largest absolute Gasteiger partial charge is 0.383 e. The second kappa shape index (κ2) is 6.99. The summed E-state index contributed by atoms with van der Waals surface area (Å²) in [6.45, 7) is 3.51. The van der Waals surface area contributed by atoms with E-state index in [-0.39, 0.29) is 11.9 Å². The van der Waals surface area contributed by atoms with Crippen LogP contribution in [0.2, 0.25) is 0 Å². The van der Waals surface area contributed by atoms with Gasteiger partial charge in [-0.25, -0.2) is 4.39 Å². The summed E-state index contributed by atoms with van der Waals surface area (Å²) in [7, 11) is 1.65. The molecule has 1 rings (SSSR count). The third-order valence-electron chi connectivity index (χ3n) is 2.33. The molecule has 16 heavy (non-hydrogen) atoms. The highest BCUT2D eigenvalue weighted by Gasteiger charge is 2.15. The van der Waals surface area contributed by atoms with Gasteiger partial charge in [0.1, 0.15) is 5.82 Å². The summed E-state index contributed by atoms with van der Waals surface area (Å²) in [4.78, 5) is 0. The molecule has 0 aromatic heterocycles. The number of benzene rings is 1. The second-order valence-electron chi connectivity index (χ2n) is 3.61. The van der Waals surface area contributed by atoms with Gasteiger partial charge in [0.2, 0.25) is 0 Å². The van der Waals surface area contributed by atoms with E-state index in [1.807, 2.05) is 6.07 Å². The molecule has 1 unspecified atom stereocenters. The van der Waals surface area contributed by atoms with E-state index in [0.29, 0.717) is 11.1 Å². The van der Waals surface area contributed by atoms with Crippen LogP contribution in [0, 0.1) is 5.82 Å². The Balaban J connectivity index is 2.86. The molecule has 1 atom stereocenters. The summed E-state index contributed by atoms with van der Waals surface area (Å²) in [6.07, 6.45) is 1.03. The van der Waals surface area contributed by atoms with Gasteiger partial charge in [-0.15, -0.1) is 0 Å². The van der Waals surface area contributed by atoms with Crippen molar-refractivity contribution >= 4 is 15.9 Å². The van der Waals surface area contributed by atoms with Crippen LogP contribution in [0.3, 0.4) is 0 Å². The lowest BCUT2D eigenvalue weighted by atomic mass is 10.1. The average Bonchev–Trinajstić information content (AvgIpc) is 2.28. The summed E-state index contributed by atoms with van der Waals surface area (Å²) < 4.78 is 19.0. The van der Waals surface area contributed by atoms with Crippen LogP contribution in [0.1, 0.15) is 24.9 Å².